The molecule has 1 aromatic carbocycles. The van der Waals surface area contributed by atoms with Crippen molar-refractivity contribution in [3.63, 3.8) is 0 Å². The van der Waals surface area contributed by atoms with E-state index in [1.165, 1.54) is 6.07 Å². The molecule has 2 heteroatoms. The predicted octanol–water partition coefficient (Wildman–Crippen LogP) is 2.84. The molecular formula is C10H10FN. The van der Waals surface area contributed by atoms with Gasteiger partial charge >= 0.3 is 0 Å². The van der Waals surface area contributed by atoms with Crippen LogP contribution in [-0.2, 0) is 0 Å². The second-order valence-corrected chi connectivity index (χ2v) is 2.78. The topological polar surface area (TPSA) is 23.8 Å². The van der Waals surface area contributed by atoms with Crippen LogP contribution < -0.4 is 0 Å². The van der Waals surface area contributed by atoms with Crippen LogP contribution in [0.2, 0.25) is 0 Å². The van der Waals surface area contributed by atoms with Gasteiger partial charge in [-0.15, -0.1) is 0 Å². The molecule has 0 aliphatic heterocycles. The summed E-state index contributed by atoms with van der Waals surface area (Å²) in [7, 11) is 0. The third-order valence-electron chi connectivity index (χ3n) is 1.83. The molecule has 1 atom stereocenters. The van der Waals surface area contributed by atoms with Crippen LogP contribution in [0.1, 0.15) is 24.8 Å². The van der Waals surface area contributed by atoms with Gasteiger partial charge in [0.1, 0.15) is 5.82 Å². The monoisotopic (exact) mass is 163 g/mol. The maximum atomic E-state index is 13.1. The van der Waals surface area contributed by atoms with E-state index in [2.05, 4.69) is 0 Å². The fourth-order valence-corrected chi connectivity index (χ4v) is 1.12. The zero-order valence-electron chi connectivity index (χ0n) is 6.92. The minimum Gasteiger partial charge on any atom is -0.207 e. The molecule has 0 aliphatic rings. The lowest BCUT2D eigenvalue weighted by Crippen LogP contribution is -1.95. The van der Waals surface area contributed by atoms with Crippen molar-refractivity contribution < 1.29 is 4.39 Å². The molecule has 0 radical (unpaired) electrons. The van der Waals surface area contributed by atoms with Gasteiger partial charge in [-0.25, -0.2) is 4.39 Å². The molecule has 1 aromatic rings. The molecule has 0 fully saturated rings. The van der Waals surface area contributed by atoms with E-state index in [0.717, 1.165) is 0 Å². The lowest BCUT2D eigenvalue weighted by molar-refractivity contribution is 0.591. The lowest BCUT2D eigenvalue weighted by atomic mass is 9.98. The van der Waals surface area contributed by atoms with Crippen molar-refractivity contribution in [1.82, 2.24) is 0 Å². The smallest absolute Gasteiger partial charge is 0.126 e. The lowest BCUT2D eigenvalue weighted by Gasteiger charge is -2.07. The number of nitrogens with zero attached hydrogens (tertiary/aromatic N) is 1. The van der Waals surface area contributed by atoms with E-state index in [-0.39, 0.29) is 11.7 Å². The summed E-state index contributed by atoms with van der Waals surface area (Å²) in [4.78, 5) is 0. The molecule has 1 rings (SSSR count). The number of benzene rings is 1. The standard InChI is InChI=1S/C10H10FN/c1-8(6-7-12)9-4-2-3-5-10(9)11/h2-5,8H,6H2,1H3. The molecule has 0 amide bonds. The quantitative estimate of drug-likeness (QED) is 0.657. The molecule has 0 N–H and O–H groups in total. The second-order valence-electron chi connectivity index (χ2n) is 2.78. The summed E-state index contributed by atoms with van der Waals surface area (Å²) in [5.74, 6) is -0.239. The van der Waals surface area contributed by atoms with E-state index in [0.29, 0.717) is 12.0 Å². The summed E-state index contributed by atoms with van der Waals surface area (Å²) >= 11 is 0. The van der Waals surface area contributed by atoms with Crippen LogP contribution in [-0.4, -0.2) is 0 Å². The molecule has 0 saturated carbocycles. The highest BCUT2D eigenvalue weighted by molar-refractivity contribution is 5.21. The van der Waals surface area contributed by atoms with Gasteiger partial charge in [-0.3, -0.25) is 0 Å². The Kier molecular flexibility index (Phi) is 2.82. The molecule has 1 nitrogen and oxygen atoms in total. The summed E-state index contributed by atoms with van der Waals surface area (Å²) in [5.41, 5.74) is 0.624. The largest absolute Gasteiger partial charge is 0.207 e. The number of halogens is 1. The van der Waals surface area contributed by atoms with E-state index in [9.17, 15) is 4.39 Å². The molecule has 0 bridgehead atoms. The minimum absolute atomic E-state index is 0.0174. The van der Waals surface area contributed by atoms with Gasteiger partial charge in [0.2, 0.25) is 0 Å². The summed E-state index contributed by atoms with van der Waals surface area (Å²) in [6.07, 6.45) is 0.362. The zero-order chi connectivity index (χ0) is 8.97. The molecule has 0 aromatic heterocycles. The number of nitriles is 1. The summed E-state index contributed by atoms with van der Waals surface area (Å²) in [6.45, 7) is 1.85. The van der Waals surface area contributed by atoms with Gasteiger partial charge in [0, 0.05) is 6.42 Å². The maximum Gasteiger partial charge on any atom is 0.126 e. The highest BCUT2D eigenvalue weighted by Gasteiger charge is 2.08. The third-order valence-corrected chi connectivity index (χ3v) is 1.83. The van der Waals surface area contributed by atoms with E-state index in [1.807, 2.05) is 13.0 Å². The van der Waals surface area contributed by atoms with Crippen LogP contribution in [0.15, 0.2) is 24.3 Å². The van der Waals surface area contributed by atoms with E-state index < -0.39 is 0 Å². The highest BCUT2D eigenvalue weighted by atomic mass is 19.1. The van der Waals surface area contributed by atoms with Gasteiger partial charge in [-0.1, -0.05) is 25.1 Å². The maximum absolute atomic E-state index is 13.1. The van der Waals surface area contributed by atoms with Crippen molar-refractivity contribution in [1.29, 1.82) is 5.26 Å². The zero-order valence-corrected chi connectivity index (χ0v) is 6.92. The minimum atomic E-state index is -0.222. The first kappa shape index (κ1) is 8.73. The Morgan fingerprint density at radius 2 is 2.17 bits per heavy atom. The second kappa shape index (κ2) is 3.87. The fraction of sp³-hybridized carbons (Fsp3) is 0.300. The first-order chi connectivity index (χ1) is 5.75. The Morgan fingerprint density at radius 3 is 2.75 bits per heavy atom. The fourth-order valence-electron chi connectivity index (χ4n) is 1.12. The molecule has 0 spiro atoms. The van der Waals surface area contributed by atoms with Gasteiger partial charge in [0.05, 0.1) is 6.07 Å². The average molecular weight is 163 g/mol. The van der Waals surface area contributed by atoms with Crippen molar-refractivity contribution in [2.75, 3.05) is 0 Å². The highest BCUT2D eigenvalue weighted by Crippen LogP contribution is 2.20. The Bertz CT molecular complexity index is 301. The summed E-state index contributed by atoms with van der Waals surface area (Å²) in [6, 6.07) is 8.60. The van der Waals surface area contributed by atoms with E-state index >= 15 is 0 Å². The van der Waals surface area contributed by atoms with Crippen molar-refractivity contribution in [3.8, 4) is 6.07 Å². The summed E-state index contributed by atoms with van der Waals surface area (Å²) in [5, 5.41) is 8.42. The van der Waals surface area contributed by atoms with Crippen molar-refractivity contribution >= 4 is 0 Å². The van der Waals surface area contributed by atoms with Crippen molar-refractivity contribution in [2.45, 2.75) is 19.3 Å². The van der Waals surface area contributed by atoms with Crippen LogP contribution in [0.4, 0.5) is 4.39 Å². The van der Waals surface area contributed by atoms with Gasteiger partial charge in [0.15, 0.2) is 0 Å². The van der Waals surface area contributed by atoms with E-state index in [4.69, 9.17) is 5.26 Å². The van der Waals surface area contributed by atoms with Gasteiger partial charge in [-0.05, 0) is 17.5 Å². The Labute approximate surface area is 71.4 Å². The van der Waals surface area contributed by atoms with Gasteiger partial charge in [-0.2, -0.15) is 5.26 Å². The molecule has 0 heterocycles. The molecule has 12 heavy (non-hydrogen) atoms. The molecule has 1 unspecified atom stereocenters. The normalized spacial score (nSPS) is 12.1. The Balaban J connectivity index is 2.88. The SMILES string of the molecule is CC(CC#N)c1ccccc1F. The van der Waals surface area contributed by atoms with Gasteiger partial charge < -0.3 is 0 Å². The molecule has 62 valence electrons. The average Bonchev–Trinajstić information content (AvgIpc) is 2.05. The Morgan fingerprint density at radius 1 is 1.50 bits per heavy atom. The van der Waals surface area contributed by atoms with Crippen LogP contribution in [0.5, 0.6) is 0 Å². The number of hydrogen-bond donors (Lipinski definition) is 0. The number of rotatable bonds is 2. The molecule has 0 saturated heterocycles. The first-order valence-corrected chi connectivity index (χ1v) is 3.87. The molecule has 0 aliphatic carbocycles. The van der Waals surface area contributed by atoms with Crippen LogP contribution in [0, 0.1) is 17.1 Å². The number of hydrogen-bond acceptors (Lipinski definition) is 1. The molecular weight excluding hydrogens is 153 g/mol. The van der Waals surface area contributed by atoms with E-state index in [1.54, 1.807) is 18.2 Å². The van der Waals surface area contributed by atoms with Crippen LogP contribution in [0.3, 0.4) is 0 Å². The predicted molar refractivity (Wildman–Crippen MR) is 45.0 cm³/mol. The van der Waals surface area contributed by atoms with Gasteiger partial charge in [0.25, 0.3) is 0 Å². The van der Waals surface area contributed by atoms with Crippen LogP contribution in [0.25, 0.3) is 0 Å². The Hall–Kier alpha value is -1.36. The third kappa shape index (κ3) is 1.82. The first-order valence-electron chi connectivity index (χ1n) is 3.87. The van der Waals surface area contributed by atoms with Crippen molar-refractivity contribution in [2.24, 2.45) is 0 Å². The van der Waals surface area contributed by atoms with Crippen molar-refractivity contribution in [3.05, 3.63) is 35.6 Å². The summed E-state index contributed by atoms with van der Waals surface area (Å²) < 4.78 is 13.1. The van der Waals surface area contributed by atoms with Crippen LogP contribution >= 0.6 is 0 Å².